The summed E-state index contributed by atoms with van der Waals surface area (Å²) in [5, 5.41) is 7.80. The molecule has 18 heavy (non-hydrogen) atoms. The molecule has 1 aromatic heterocycles. The number of primary sulfonamides is 1. The number of furan rings is 1. The third-order valence-electron chi connectivity index (χ3n) is 3.17. The maximum absolute atomic E-state index is 11.8. The average molecular weight is 272 g/mol. The van der Waals surface area contributed by atoms with E-state index in [0.29, 0.717) is 5.92 Å². The zero-order chi connectivity index (χ0) is 13.5. The van der Waals surface area contributed by atoms with Gasteiger partial charge >= 0.3 is 0 Å². The molecule has 2 rings (SSSR count). The number of carbonyl (C=O) groups is 1. The summed E-state index contributed by atoms with van der Waals surface area (Å²) in [4.78, 5) is 11.7. The first kappa shape index (κ1) is 13.1. The molecule has 1 aliphatic rings. The van der Waals surface area contributed by atoms with E-state index in [0.717, 1.165) is 12.8 Å². The number of rotatable bonds is 4. The van der Waals surface area contributed by atoms with Crippen LogP contribution < -0.4 is 10.5 Å². The Morgan fingerprint density at radius 1 is 1.61 bits per heavy atom. The fourth-order valence-electron chi connectivity index (χ4n) is 1.97. The summed E-state index contributed by atoms with van der Waals surface area (Å²) < 4.78 is 27.5. The first-order chi connectivity index (χ1) is 8.32. The Kier molecular flexibility index (Phi) is 3.20. The third kappa shape index (κ3) is 2.56. The van der Waals surface area contributed by atoms with Gasteiger partial charge in [-0.1, -0.05) is 13.3 Å². The van der Waals surface area contributed by atoms with Crippen molar-refractivity contribution in [3.8, 4) is 0 Å². The first-order valence-corrected chi connectivity index (χ1v) is 7.31. The lowest BCUT2D eigenvalue weighted by Crippen LogP contribution is -2.26. The zero-order valence-electron chi connectivity index (χ0n) is 10.3. The topological polar surface area (TPSA) is 102 Å². The Morgan fingerprint density at radius 3 is 2.72 bits per heavy atom. The van der Waals surface area contributed by atoms with E-state index in [1.165, 1.54) is 13.0 Å². The Labute approximate surface area is 106 Å². The van der Waals surface area contributed by atoms with E-state index in [2.05, 4.69) is 12.2 Å². The SMILES string of the molecule is CCC1CC1NC(=O)c1cc(S(N)(=O)=O)c(C)o1. The van der Waals surface area contributed by atoms with Crippen molar-refractivity contribution in [2.45, 2.75) is 37.6 Å². The Hall–Kier alpha value is -1.34. The normalized spacial score (nSPS) is 22.8. The lowest BCUT2D eigenvalue weighted by molar-refractivity contribution is 0.0920. The summed E-state index contributed by atoms with van der Waals surface area (Å²) in [6, 6.07) is 1.34. The van der Waals surface area contributed by atoms with Gasteiger partial charge in [-0.25, -0.2) is 13.6 Å². The van der Waals surface area contributed by atoms with Crippen molar-refractivity contribution in [2.24, 2.45) is 11.1 Å². The second kappa shape index (κ2) is 4.40. The van der Waals surface area contributed by atoms with Crippen LogP contribution in [-0.4, -0.2) is 20.4 Å². The quantitative estimate of drug-likeness (QED) is 0.844. The molecule has 0 spiro atoms. The van der Waals surface area contributed by atoms with Crippen LogP contribution in [0.4, 0.5) is 0 Å². The van der Waals surface area contributed by atoms with Crippen LogP contribution in [0.2, 0.25) is 0 Å². The minimum absolute atomic E-state index is 0.0155. The number of nitrogens with two attached hydrogens (primary N) is 1. The molecule has 0 radical (unpaired) electrons. The van der Waals surface area contributed by atoms with E-state index >= 15 is 0 Å². The second-order valence-corrected chi connectivity index (χ2v) is 6.09. The minimum Gasteiger partial charge on any atom is -0.455 e. The van der Waals surface area contributed by atoms with Crippen LogP contribution in [0.5, 0.6) is 0 Å². The molecule has 7 heteroatoms. The predicted octanol–water partition coefficient (Wildman–Crippen LogP) is 0.764. The van der Waals surface area contributed by atoms with Gasteiger partial charge in [0, 0.05) is 12.1 Å². The van der Waals surface area contributed by atoms with Crippen molar-refractivity contribution < 1.29 is 17.6 Å². The van der Waals surface area contributed by atoms with Gasteiger partial charge in [-0.3, -0.25) is 4.79 Å². The molecule has 1 fully saturated rings. The van der Waals surface area contributed by atoms with E-state index in [4.69, 9.17) is 9.56 Å². The molecule has 6 nitrogen and oxygen atoms in total. The van der Waals surface area contributed by atoms with Crippen LogP contribution in [0.1, 0.15) is 36.1 Å². The molecule has 1 saturated carbocycles. The van der Waals surface area contributed by atoms with Crippen LogP contribution in [0.3, 0.4) is 0 Å². The molecule has 1 amide bonds. The lowest BCUT2D eigenvalue weighted by atomic mass is 10.3. The van der Waals surface area contributed by atoms with E-state index in [1.807, 2.05) is 0 Å². The fraction of sp³-hybridized carbons (Fsp3) is 0.545. The van der Waals surface area contributed by atoms with Gasteiger partial charge in [-0.2, -0.15) is 0 Å². The van der Waals surface area contributed by atoms with Crippen LogP contribution in [-0.2, 0) is 10.0 Å². The summed E-state index contributed by atoms with van der Waals surface area (Å²) in [6.07, 6.45) is 1.98. The smallest absolute Gasteiger partial charge is 0.287 e. The van der Waals surface area contributed by atoms with Gasteiger partial charge in [0.15, 0.2) is 5.76 Å². The molecule has 0 aromatic carbocycles. The number of carbonyl (C=O) groups excluding carboxylic acids is 1. The first-order valence-electron chi connectivity index (χ1n) is 5.77. The highest BCUT2D eigenvalue weighted by Gasteiger charge is 2.37. The summed E-state index contributed by atoms with van der Waals surface area (Å²) in [7, 11) is -3.85. The maximum atomic E-state index is 11.8. The van der Waals surface area contributed by atoms with Gasteiger partial charge in [-0.15, -0.1) is 0 Å². The van der Waals surface area contributed by atoms with Crippen molar-refractivity contribution in [2.75, 3.05) is 0 Å². The number of sulfonamides is 1. The van der Waals surface area contributed by atoms with Crippen molar-refractivity contribution >= 4 is 15.9 Å². The molecule has 1 aliphatic carbocycles. The van der Waals surface area contributed by atoms with Crippen molar-refractivity contribution in [3.63, 3.8) is 0 Å². The molecular formula is C11H16N2O4S. The van der Waals surface area contributed by atoms with Crippen molar-refractivity contribution in [1.29, 1.82) is 0 Å². The summed E-state index contributed by atoms with van der Waals surface area (Å²) in [6.45, 7) is 3.52. The Balaban J connectivity index is 2.13. The molecule has 2 unspecified atom stereocenters. The maximum Gasteiger partial charge on any atom is 0.287 e. The summed E-state index contributed by atoms with van der Waals surface area (Å²) >= 11 is 0. The van der Waals surface area contributed by atoms with Crippen molar-refractivity contribution in [3.05, 3.63) is 17.6 Å². The number of aryl methyl sites for hydroxylation is 1. The summed E-state index contributed by atoms with van der Waals surface area (Å²) in [5.74, 6) is 0.237. The third-order valence-corrected chi connectivity index (χ3v) is 4.18. The lowest BCUT2D eigenvalue weighted by Gasteiger charge is -2.00. The predicted molar refractivity (Wildman–Crippen MR) is 64.5 cm³/mol. The second-order valence-electron chi connectivity index (χ2n) is 4.56. The number of nitrogens with one attached hydrogen (secondary N) is 1. The van der Waals surface area contributed by atoms with Crippen LogP contribution in [0, 0.1) is 12.8 Å². The largest absolute Gasteiger partial charge is 0.455 e. The van der Waals surface area contributed by atoms with Gasteiger partial charge in [0.1, 0.15) is 10.7 Å². The number of hydrogen-bond acceptors (Lipinski definition) is 4. The molecule has 100 valence electrons. The van der Waals surface area contributed by atoms with Gasteiger partial charge in [0.05, 0.1) is 0 Å². The van der Waals surface area contributed by atoms with Gasteiger partial charge in [-0.05, 0) is 19.3 Å². The fourth-order valence-corrected chi connectivity index (χ4v) is 2.69. The monoisotopic (exact) mass is 272 g/mol. The molecule has 0 saturated heterocycles. The van der Waals surface area contributed by atoms with Crippen molar-refractivity contribution in [1.82, 2.24) is 5.32 Å². The minimum atomic E-state index is -3.85. The molecule has 2 atom stereocenters. The molecular weight excluding hydrogens is 256 g/mol. The van der Waals surface area contributed by atoms with Gasteiger partial charge in [0.2, 0.25) is 10.0 Å². The zero-order valence-corrected chi connectivity index (χ0v) is 11.1. The highest BCUT2D eigenvalue weighted by Crippen LogP contribution is 2.33. The molecule has 3 N–H and O–H groups in total. The Bertz CT molecular complexity index is 576. The molecule has 0 aliphatic heterocycles. The highest BCUT2D eigenvalue weighted by atomic mass is 32.2. The van der Waals surface area contributed by atoms with Crippen LogP contribution in [0.15, 0.2) is 15.4 Å². The molecule has 1 aromatic rings. The number of amides is 1. The van der Waals surface area contributed by atoms with E-state index in [9.17, 15) is 13.2 Å². The van der Waals surface area contributed by atoms with Gasteiger partial charge < -0.3 is 9.73 Å². The van der Waals surface area contributed by atoms with Crippen LogP contribution in [0.25, 0.3) is 0 Å². The molecule has 0 bridgehead atoms. The van der Waals surface area contributed by atoms with E-state index in [1.54, 1.807) is 0 Å². The average Bonchev–Trinajstić information content (AvgIpc) is 2.88. The number of hydrogen-bond donors (Lipinski definition) is 2. The van der Waals surface area contributed by atoms with Crippen LogP contribution >= 0.6 is 0 Å². The standard InChI is InChI=1S/C11H16N2O4S/c1-3-7-4-8(7)13-11(14)9-5-10(6(2)17-9)18(12,15)16/h5,7-8H,3-4H2,1-2H3,(H,13,14)(H2,12,15,16). The molecule has 1 heterocycles. The van der Waals surface area contributed by atoms with E-state index < -0.39 is 15.9 Å². The van der Waals surface area contributed by atoms with E-state index in [-0.39, 0.29) is 22.5 Å². The highest BCUT2D eigenvalue weighted by molar-refractivity contribution is 7.89. The van der Waals surface area contributed by atoms with Gasteiger partial charge in [0.25, 0.3) is 5.91 Å². The summed E-state index contributed by atoms with van der Waals surface area (Å²) in [5.41, 5.74) is 0. The Morgan fingerprint density at radius 2 is 2.28 bits per heavy atom.